The fraction of sp³-hybridized carbons (Fsp3) is 0.200. The lowest BCUT2D eigenvalue weighted by Crippen LogP contribution is -2.21. The Morgan fingerprint density at radius 2 is 1.82 bits per heavy atom. The predicted molar refractivity (Wildman–Crippen MR) is 113 cm³/mol. The monoisotopic (exact) mass is 397 g/mol. The Morgan fingerprint density at radius 3 is 2.43 bits per heavy atom. The van der Waals surface area contributed by atoms with E-state index in [1.54, 1.807) is 30.5 Å². The summed E-state index contributed by atoms with van der Waals surface area (Å²) in [4.78, 5) is 9.45. The number of benzene rings is 2. The summed E-state index contributed by atoms with van der Waals surface area (Å²) < 4.78 is 18.5. The first-order chi connectivity index (χ1) is 13.5. The van der Waals surface area contributed by atoms with E-state index >= 15 is 0 Å². The Bertz CT molecular complexity index is 1010. The molecule has 3 aromatic rings. The molecule has 2 atom stereocenters. The smallest absolute Gasteiger partial charge is 0.229 e. The van der Waals surface area contributed by atoms with Gasteiger partial charge >= 0.3 is 0 Å². The maximum Gasteiger partial charge on any atom is 0.229 e. The maximum atomic E-state index is 11.2. The van der Waals surface area contributed by atoms with Gasteiger partial charge in [-0.1, -0.05) is 29.8 Å². The first-order valence-electron chi connectivity index (χ1n) is 8.83. The fourth-order valence-corrected chi connectivity index (χ4v) is 3.00. The van der Waals surface area contributed by atoms with Crippen LogP contribution in [-0.4, -0.2) is 31.9 Å². The van der Waals surface area contributed by atoms with E-state index in [0.29, 0.717) is 16.7 Å². The maximum absolute atomic E-state index is 11.2. The molecule has 0 aliphatic rings. The molecule has 28 heavy (non-hydrogen) atoms. The molecule has 0 saturated heterocycles. The molecule has 7 nitrogen and oxygen atoms in total. The summed E-state index contributed by atoms with van der Waals surface area (Å²) in [6.45, 7) is 3.88. The number of hydrogen-bond acceptors (Lipinski definition) is 7. The molecule has 0 amide bonds. The van der Waals surface area contributed by atoms with Crippen LogP contribution in [0.15, 0.2) is 59.6 Å². The molecule has 3 rings (SSSR count). The van der Waals surface area contributed by atoms with Gasteiger partial charge in [-0.15, -0.1) is 0 Å². The number of rotatable bonds is 7. The lowest BCUT2D eigenvalue weighted by atomic mass is 10.1. The van der Waals surface area contributed by atoms with Crippen molar-refractivity contribution in [1.82, 2.24) is 9.97 Å². The van der Waals surface area contributed by atoms with E-state index in [9.17, 15) is 9.32 Å². The molecule has 1 aromatic heterocycles. The number of aliphatic hydroxyl groups is 1. The number of aryl methyl sites for hydroxylation is 1. The van der Waals surface area contributed by atoms with Crippen molar-refractivity contribution < 1.29 is 9.32 Å². The van der Waals surface area contributed by atoms with Gasteiger partial charge in [0.2, 0.25) is 5.95 Å². The predicted octanol–water partition coefficient (Wildman–Crippen LogP) is 3.59. The molecule has 0 fully saturated rings. The fourth-order valence-electron chi connectivity index (χ4n) is 2.58. The Hall–Kier alpha value is -2.97. The molecule has 0 aliphatic heterocycles. The Balaban J connectivity index is 1.92. The van der Waals surface area contributed by atoms with Gasteiger partial charge in [-0.25, -0.2) is 9.19 Å². The molecule has 146 valence electrons. The molecular formula is C20H23N5O2S. The number of aliphatic hydroxyl groups excluding tert-OH is 1. The molecule has 0 spiro atoms. The average molecular weight is 398 g/mol. The molecule has 1 unspecified atom stereocenters. The summed E-state index contributed by atoms with van der Waals surface area (Å²) in [6, 6.07) is 14.7. The van der Waals surface area contributed by atoms with Gasteiger partial charge in [-0.2, -0.15) is 4.98 Å². The number of nitrogens with zero attached hydrogens (tertiary/aromatic N) is 2. The summed E-state index contributed by atoms with van der Waals surface area (Å²) in [6.07, 6.45) is 1.74. The molecule has 0 bridgehead atoms. The second-order valence-electron chi connectivity index (χ2n) is 6.52. The van der Waals surface area contributed by atoms with E-state index < -0.39 is 10.6 Å². The zero-order valence-corrected chi connectivity index (χ0v) is 16.6. The van der Waals surface area contributed by atoms with Gasteiger partial charge in [0.25, 0.3) is 0 Å². The van der Waals surface area contributed by atoms with Crippen molar-refractivity contribution in [2.75, 3.05) is 17.2 Å². The minimum absolute atomic E-state index is 0.0210. The quantitative estimate of drug-likeness (QED) is 0.390. The highest BCUT2D eigenvalue weighted by Crippen LogP contribution is 2.28. The highest BCUT2D eigenvalue weighted by atomic mass is 32.2. The van der Waals surface area contributed by atoms with Gasteiger partial charge in [-0.05, 0) is 43.7 Å². The van der Waals surface area contributed by atoms with E-state index in [1.165, 1.54) is 5.56 Å². The SMILES string of the molecule is Cc1ccc(-c2cnc(Nc3ccc([SH](=N)=O)cc3)nc2N[C@H](C)CO)cc1. The number of aromatic nitrogens is 2. The largest absolute Gasteiger partial charge is 0.394 e. The summed E-state index contributed by atoms with van der Waals surface area (Å²) in [5.41, 5.74) is 3.71. The molecule has 8 heteroatoms. The Kier molecular flexibility index (Phi) is 6.23. The van der Waals surface area contributed by atoms with Crippen LogP contribution in [0.2, 0.25) is 0 Å². The second kappa shape index (κ2) is 8.81. The molecular weight excluding hydrogens is 374 g/mol. The van der Waals surface area contributed by atoms with Gasteiger partial charge in [-0.3, -0.25) is 4.78 Å². The van der Waals surface area contributed by atoms with Gasteiger partial charge in [0.15, 0.2) is 0 Å². The zero-order chi connectivity index (χ0) is 20.1. The summed E-state index contributed by atoms with van der Waals surface area (Å²) in [5, 5.41) is 15.7. The number of anilines is 3. The topological polar surface area (TPSA) is 111 Å². The van der Waals surface area contributed by atoms with Crippen LogP contribution in [0.3, 0.4) is 0 Å². The minimum atomic E-state index is -2.11. The van der Waals surface area contributed by atoms with E-state index in [0.717, 1.165) is 16.8 Å². The normalized spacial score (nSPS) is 13.0. The van der Waals surface area contributed by atoms with Gasteiger partial charge in [0, 0.05) is 28.4 Å². The Labute approximate surface area is 165 Å². The molecule has 0 saturated carbocycles. The minimum Gasteiger partial charge on any atom is -0.394 e. The van der Waals surface area contributed by atoms with E-state index in [4.69, 9.17) is 4.78 Å². The van der Waals surface area contributed by atoms with Crippen LogP contribution in [-0.2, 0) is 10.6 Å². The van der Waals surface area contributed by atoms with E-state index in [2.05, 4.69) is 20.6 Å². The van der Waals surface area contributed by atoms with Gasteiger partial charge < -0.3 is 15.7 Å². The highest BCUT2D eigenvalue weighted by molar-refractivity contribution is 7.73. The summed E-state index contributed by atoms with van der Waals surface area (Å²) in [7, 11) is -2.11. The van der Waals surface area contributed by atoms with Crippen molar-refractivity contribution in [2.45, 2.75) is 24.8 Å². The first kappa shape index (κ1) is 19.8. The lowest BCUT2D eigenvalue weighted by molar-refractivity contribution is 0.281. The van der Waals surface area contributed by atoms with Crippen LogP contribution in [0.1, 0.15) is 12.5 Å². The highest BCUT2D eigenvalue weighted by Gasteiger charge is 2.12. The van der Waals surface area contributed by atoms with Crippen molar-refractivity contribution in [3.8, 4) is 11.1 Å². The average Bonchev–Trinajstić information content (AvgIpc) is 2.69. The van der Waals surface area contributed by atoms with Crippen LogP contribution < -0.4 is 10.6 Å². The van der Waals surface area contributed by atoms with E-state index in [1.807, 2.05) is 38.1 Å². The van der Waals surface area contributed by atoms with Crippen molar-refractivity contribution in [2.24, 2.45) is 0 Å². The molecule has 0 radical (unpaired) electrons. The van der Waals surface area contributed by atoms with Crippen molar-refractivity contribution in [3.63, 3.8) is 0 Å². The molecule has 2 aromatic carbocycles. The lowest BCUT2D eigenvalue weighted by Gasteiger charge is -2.16. The molecule has 0 aliphatic carbocycles. The van der Waals surface area contributed by atoms with Crippen LogP contribution in [0.25, 0.3) is 11.1 Å². The summed E-state index contributed by atoms with van der Waals surface area (Å²) >= 11 is 0. The second-order valence-corrected chi connectivity index (χ2v) is 7.62. The van der Waals surface area contributed by atoms with Gasteiger partial charge in [0.1, 0.15) is 5.82 Å². The van der Waals surface area contributed by atoms with Crippen molar-refractivity contribution in [1.29, 1.82) is 4.78 Å². The third-order valence-electron chi connectivity index (χ3n) is 4.17. The van der Waals surface area contributed by atoms with Gasteiger partial charge in [0.05, 0.1) is 17.2 Å². The number of hydrogen-bond donors (Lipinski definition) is 5. The first-order valence-corrected chi connectivity index (χ1v) is 10.1. The van der Waals surface area contributed by atoms with Crippen LogP contribution in [0.5, 0.6) is 0 Å². The third-order valence-corrected chi connectivity index (χ3v) is 4.93. The molecule has 1 heterocycles. The Morgan fingerprint density at radius 1 is 1.14 bits per heavy atom. The molecule has 4 N–H and O–H groups in total. The number of thiol groups is 1. The van der Waals surface area contributed by atoms with Crippen LogP contribution in [0, 0.1) is 11.7 Å². The summed E-state index contributed by atoms with van der Waals surface area (Å²) in [5.74, 6) is 1.01. The third kappa shape index (κ3) is 4.85. The van der Waals surface area contributed by atoms with Crippen LogP contribution >= 0.6 is 0 Å². The van der Waals surface area contributed by atoms with Crippen molar-refractivity contribution in [3.05, 3.63) is 60.3 Å². The van der Waals surface area contributed by atoms with Crippen LogP contribution in [0.4, 0.5) is 17.5 Å². The van der Waals surface area contributed by atoms with Crippen molar-refractivity contribution >= 4 is 28.0 Å². The number of nitrogens with one attached hydrogen (secondary N) is 3. The van der Waals surface area contributed by atoms with E-state index in [-0.39, 0.29) is 12.6 Å². The standard InChI is InChI=1S/C20H23N5O2S/c1-13-3-5-15(6-4-13)18-11-22-20(25-19(18)23-14(2)12-26)24-16-7-9-17(10-8-16)28(21)27/h3-11,14,21,26,28H,12H2,1-2H3,(H2,22,23,24,25)/t14-/m1/s1. The zero-order valence-electron chi connectivity index (χ0n) is 15.7.